The Morgan fingerprint density at radius 2 is 1.37 bits per heavy atom. The van der Waals surface area contributed by atoms with E-state index in [0.29, 0.717) is 71.1 Å². The summed E-state index contributed by atoms with van der Waals surface area (Å²) in [7, 11) is 2.54. The van der Waals surface area contributed by atoms with Gasteiger partial charge in [0.05, 0.1) is 66.9 Å². The number of alkyl carbamates (subject to hydrolysis) is 2. The Kier molecular flexibility index (Phi) is 12.7. The van der Waals surface area contributed by atoms with Crippen LogP contribution < -0.4 is 15.4 Å². The Hall–Kier alpha value is -6.83. The summed E-state index contributed by atoms with van der Waals surface area (Å²) in [5.41, 5.74) is 4.32. The topological polar surface area (TPSA) is 215 Å². The summed E-state index contributed by atoms with van der Waals surface area (Å²) in [5.74, 6) is 1.02. The second-order valence-corrected chi connectivity index (χ2v) is 19.4. The van der Waals surface area contributed by atoms with Gasteiger partial charge in [-0.1, -0.05) is 47.6 Å². The molecule has 0 saturated carbocycles. The highest BCUT2D eigenvalue weighted by Gasteiger charge is 2.40. The van der Waals surface area contributed by atoms with Crippen LogP contribution >= 0.6 is 11.5 Å². The first-order chi connectivity index (χ1) is 32.6. The number of ether oxygens (including phenoxy) is 3. The number of halogens is 1. The molecule has 2 fully saturated rings. The molecule has 3 aliphatic rings. The van der Waals surface area contributed by atoms with Crippen LogP contribution in [0.5, 0.6) is 5.75 Å². The first kappa shape index (κ1) is 46.3. The lowest BCUT2D eigenvalue weighted by atomic mass is 10.0. The zero-order chi connectivity index (χ0) is 48.1. The van der Waals surface area contributed by atoms with Crippen molar-refractivity contribution in [3.8, 4) is 39.5 Å². The van der Waals surface area contributed by atoms with E-state index in [0.717, 1.165) is 35.0 Å². The molecule has 3 aliphatic heterocycles. The monoisotopic (exact) mass is 949 g/mol. The van der Waals surface area contributed by atoms with Crippen molar-refractivity contribution in [2.24, 2.45) is 11.8 Å². The molecule has 2 aromatic carbocycles. The summed E-state index contributed by atoms with van der Waals surface area (Å²) < 4.78 is 39.8. The third-order valence-electron chi connectivity index (χ3n) is 13.1. The first-order valence-corrected chi connectivity index (χ1v) is 23.8. The molecular formula is C48H56FN11O7S. The van der Waals surface area contributed by atoms with Gasteiger partial charge in [-0.2, -0.15) is 4.37 Å². The second kappa shape index (κ2) is 18.7. The van der Waals surface area contributed by atoms with E-state index in [1.165, 1.54) is 31.8 Å². The van der Waals surface area contributed by atoms with Gasteiger partial charge in [0.15, 0.2) is 5.01 Å². The summed E-state index contributed by atoms with van der Waals surface area (Å²) in [6.07, 6.45) is 4.20. The normalized spacial score (nSPS) is 18.7. The smallest absolute Gasteiger partial charge is 0.407 e. The average molecular weight is 950 g/mol. The summed E-state index contributed by atoms with van der Waals surface area (Å²) >= 11 is 1.24. The number of likely N-dealkylation sites (tertiary alicyclic amines) is 2. The van der Waals surface area contributed by atoms with Gasteiger partial charge in [-0.3, -0.25) is 14.2 Å². The third kappa shape index (κ3) is 8.53. The fourth-order valence-electron chi connectivity index (χ4n) is 9.53. The molecule has 0 spiro atoms. The molecule has 18 nitrogen and oxygen atoms in total. The fraction of sp³-hybridized carbons (Fsp3) is 0.458. The maximum Gasteiger partial charge on any atom is 0.407 e. The maximum absolute atomic E-state index is 16.9. The van der Waals surface area contributed by atoms with Crippen LogP contribution in [0.25, 0.3) is 44.7 Å². The predicted octanol–water partition coefficient (Wildman–Crippen LogP) is 8.23. The molecule has 358 valence electrons. The molecule has 0 bridgehead atoms. The van der Waals surface area contributed by atoms with Gasteiger partial charge in [-0.15, -0.1) is 0 Å². The van der Waals surface area contributed by atoms with Gasteiger partial charge in [0.2, 0.25) is 18.0 Å². The number of nitrogens with zero attached hydrogens (tertiary/aromatic N) is 7. The van der Waals surface area contributed by atoms with Gasteiger partial charge in [0.1, 0.15) is 41.1 Å². The van der Waals surface area contributed by atoms with Crippen LogP contribution in [0.1, 0.15) is 114 Å². The molecule has 4 N–H and O–H groups in total. The Morgan fingerprint density at radius 3 is 1.90 bits per heavy atom. The van der Waals surface area contributed by atoms with E-state index in [1.807, 2.05) is 70.4 Å². The van der Waals surface area contributed by atoms with Crippen molar-refractivity contribution in [2.75, 3.05) is 27.3 Å². The Bertz CT molecular complexity index is 2890. The second-order valence-electron chi connectivity index (χ2n) is 18.6. The molecule has 9 rings (SSSR count). The number of nitrogens with one attached hydrogen (secondary N) is 4. The minimum atomic E-state index is -0.781. The number of rotatable bonds is 12. The number of carbonyl (C=O) groups is 4. The van der Waals surface area contributed by atoms with E-state index in [1.54, 1.807) is 28.3 Å². The van der Waals surface area contributed by atoms with Crippen molar-refractivity contribution in [2.45, 2.75) is 104 Å². The zero-order valence-electron chi connectivity index (χ0n) is 39.3. The lowest BCUT2D eigenvalue weighted by molar-refractivity contribution is -0.136. The van der Waals surface area contributed by atoms with Gasteiger partial charge in [-0.25, -0.2) is 28.9 Å². The van der Waals surface area contributed by atoms with E-state index in [2.05, 4.69) is 30.0 Å². The van der Waals surface area contributed by atoms with Gasteiger partial charge in [0.25, 0.3) is 0 Å². The molecule has 7 heterocycles. The molecule has 6 aromatic rings. The number of amides is 4. The highest BCUT2D eigenvalue weighted by molar-refractivity contribution is 7.05. The zero-order valence-corrected chi connectivity index (χ0v) is 40.1. The molecule has 2 saturated heterocycles. The minimum Gasteiger partial charge on any atom is -0.462 e. The van der Waals surface area contributed by atoms with Crippen molar-refractivity contribution in [3.05, 3.63) is 77.1 Å². The number of methoxy groups -OCH3 is 2. The number of carbonyl (C=O) groups excluding carboxylic acids is 4. The third-order valence-corrected chi connectivity index (χ3v) is 13.9. The first-order valence-electron chi connectivity index (χ1n) is 23.0. The largest absolute Gasteiger partial charge is 0.462 e. The summed E-state index contributed by atoms with van der Waals surface area (Å²) in [6.45, 7) is 12.6. The number of aromatic amines is 2. The molecule has 4 amide bonds. The quantitative estimate of drug-likeness (QED) is 0.0917. The summed E-state index contributed by atoms with van der Waals surface area (Å²) in [5, 5.41) is 6.82. The van der Waals surface area contributed by atoms with E-state index in [4.69, 9.17) is 24.2 Å². The molecule has 5 atom stereocenters. The number of hydrogen-bond acceptors (Lipinski definition) is 12. The van der Waals surface area contributed by atoms with Crippen molar-refractivity contribution in [3.63, 3.8) is 0 Å². The molecule has 68 heavy (non-hydrogen) atoms. The molecule has 0 radical (unpaired) electrons. The molecule has 4 aromatic heterocycles. The lowest BCUT2D eigenvalue weighted by Gasteiger charge is -2.30. The number of benzene rings is 2. The molecule has 20 heteroatoms. The van der Waals surface area contributed by atoms with Crippen LogP contribution in [0.2, 0.25) is 0 Å². The fourth-order valence-corrected chi connectivity index (χ4v) is 10.4. The number of hydrogen-bond donors (Lipinski definition) is 4. The van der Waals surface area contributed by atoms with Gasteiger partial charge >= 0.3 is 12.2 Å². The van der Waals surface area contributed by atoms with Gasteiger partial charge < -0.3 is 44.6 Å². The van der Waals surface area contributed by atoms with E-state index in [-0.39, 0.29) is 47.2 Å². The number of H-pyrrole nitrogens is 2. The SMILES string of the molecule is COC(=O)N[C@H](C(=O)N1CCC[C@H]1c1ncc(-c2cc(F)c3c(c2)OC(c2nc(C(C)C)ns2)n2c-3cc3cc(-c4cnc([C@@H]5CCCN5C(=O)[C@@H](NC(=O)OC)C(C)C)[nH]4)ccc32)[nH]1)C(C)C. The molecule has 0 aliphatic carbocycles. The Morgan fingerprint density at radius 1 is 0.794 bits per heavy atom. The van der Waals surface area contributed by atoms with Crippen molar-refractivity contribution >= 4 is 46.4 Å². The Balaban J connectivity index is 1.03. The standard InChI is InChI=1S/C48H56FN11O7S/c1-23(2)38(54-47(63)65-7)44(61)58-15-9-11-33(58)41-50-21-30(52-41)26-13-14-32-28(17-26)19-35-37-29(49)18-27(20-36(37)67-46(60(32)35)43-56-40(25(5)6)57-68-43)31-22-51-42(53-31)34-12-10-16-59(34)45(62)39(24(3)4)55-48(64)66-8/h13-14,17-25,33-34,38-39,46H,9-12,15-16H2,1-8H3,(H,50,52)(H,51,53)(H,54,63)(H,55,64)/t33-,34-,38-,39-,46?/m0/s1. The lowest BCUT2D eigenvalue weighted by Crippen LogP contribution is -2.51. The van der Waals surface area contributed by atoms with Crippen molar-refractivity contribution < 1.29 is 37.8 Å². The molecular weight excluding hydrogens is 894 g/mol. The van der Waals surface area contributed by atoms with Crippen molar-refractivity contribution in [1.82, 2.24) is 54.3 Å². The van der Waals surface area contributed by atoms with Crippen LogP contribution in [0.15, 0.2) is 48.8 Å². The number of imidazole rings is 2. The Labute approximate surface area is 396 Å². The summed E-state index contributed by atoms with van der Waals surface area (Å²) in [6, 6.07) is 8.96. The van der Waals surface area contributed by atoms with Crippen molar-refractivity contribution in [1.29, 1.82) is 0 Å². The van der Waals surface area contributed by atoms with E-state index in [9.17, 15) is 19.2 Å². The number of fused-ring (bicyclic) bond motifs is 5. The average Bonchev–Trinajstić information content (AvgIpc) is 4.18. The number of aromatic nitrogens is 7. The van der Waals surface area contributed by atoms with E-state index >= 15 is 4.39 Å². The maximum atomic E-state index is 16.9. The van der Waals surface area contributed by atoms with Gasteiger partial charge in [0, 0.05) is 35.5 Å². The molecule has 1 unspecified atom stereocenters. The van der Waals surface area contributed by atoms with Gasteiger partial charge in [-0.05, 0) is 79.4 Å². The van der Waals surface area contributed by atoms with Crippen LogP contribution in [0.4, 0.5) is 14.0 Å². The highest BCUT2D eigenvalue weighted by Crippen LogP contribution is 2.48. The van der Waals surface area contributed by atoms with Crippen LogP contribution in [0.3, 0.4) is 0 Å². The predicted molar refractivity (Wildman–Crippen MR) is 251 cm³/mol. The highest BCUT2D eigenvalue weighted by atomic mass is 32.1. The summed E-state index contributed by atoms with van der Waals surface area (Å²) in [4.78, 5) is 76.5. The van der Waals surface area contributed by atoms with Crippen LogP contribution in [-0.4, -0.2) is 107 Å². The van der Waals surface area contributed by atoms with Crippen LogP contribution in [-0.2, 0) is 19.1 Å². The minimum absolute atomic E-state index is 0.0753. The van der Waals surface area contributed by atoms with Crippen LogP contribution in [0, 0.1) is 17.7 Å². The van der Waals surface area contributed by atoms with E-state index < -0.39 is 36.3 Å².